The van der Waals surface area contributed by atoms with E-state index >= 15 is 0 Å². The molecule has 1 saturated carbocycles. The van der Waals surface area contributed by atoms with Crippen molar-refractivity contribution in [1.82, 2.24) is 15.5 Å². The summed E-state index contributed by atoms with van der Waals surface area (Å²) in [6, 6.07) is 7.16. The summed E-state index contributed by atoms with van der Waals surface area (Å²) in [4.78, 5) is 24.1. The molecule has 1 aromatic heterocycles. The van der Waals surface area contributed by atoms with E-state index in [1.54, 1.807) is 31.2 Å². The molecule has 23 heavy (non-hydrogen) atoms. The van der Waals surface area contributed by atoms with E-state index in [0.29, 0.717) is 22.3 Å². The van der Waals surface area contributed by atoms with E-state index < -0.39 is 0 Å². The minimum absolute atomic E-state index is 0.0606. The fraction of sp³-hybridized carbons (Fsp3) is 0.375. The van der Waals surface area contributed by atoms with Crippen LogP contribution in [-0.4, -0.2) is 28.1 Å². The van der Waals surface area contributed by atoms with Crippen LogP contribution in [0.25, 0.3) is 0 Å². The normalized spacial score (nSPS) is 14.7. The summed E-state index contributed by atoms with van der Waals surface area (Å²) in [5.41, 5.74) is 1.22. The quantitative estimate of drug-likeness (QED) is 0.903. The molecule has 2 N–H and O–H groups in total. The summed E-state index contributed by atoms with van der Waals surface area (Å²) < 4.78 is 0. The number of carbonyl (C=O) groups is 2. The van der Waals surface area contributed by atoms with Gasteiger partial charge in [-0.3, -0.25) is 9.59 Å². The van der Waals surface area contributed by atoms with Crippen molar-refractivity contribution in [1.29, 1.82) is 0 Å². The first kappa shape index (κ1) is 15.6. The van der Waals surface area contributed by atoms with Gasteiger partial charge in [0.05, 0.1) is 0 Å². The standard InChI is InChI=1S/C16H18N4O2S/c1-10-19-20-16(23-10)15(22)18-13-8-6-11(7-9-13)14(21)17-12-4-2-3-5-12/h6-9,12H,2-5H2,1H3,(H,17,21)(H,18,22). The molecule has 0 saturated heterocycles. The van der Waals surface area contributed by atoms with Gasteiger partial charge in [-0.1, -0.05) is 24.2 Å². The molecule has 1 heterocycles. The average molecular weight is 330 g/mol. The molecule has 7 heteroatoms. The Labute approximate surface area is 138 Å². The lowest BCUT2D eigenvalue weighted by Gasteiger charge is -2.12. The highest BCUT2D eigenvalue weighted by molar-refractivity contribution is 7.13. The molecule has 0 radical (unpaired) electrons. The molecule has 6 nitrogen and oxygen atoms in total. The van der Waals surface area contributed by atoms with E-state index in [1.165, 1.54) is 24.2 Å². The van der Waals surface area contributed by atoms with Gasteiger partial charge in [0.2, 0.25) is 5.01 Å². The first-order valence-electron chi connectivity index (χ1n) is 7.64. The number of aryl methyl sites for hydroxylation is 1. The van der Waals surface area contributed by atoms with Crippen LogP contribution in [0.4, 0.5) is 5.69 Å². The van der Waals surface area contributed by atoms with Gasteiger partial charge in [0, 0.05) is 17.3 Å². The SMILES string of the molecule is Cc1nnc(C(=O)Nc2ccc(C(=O)NC3CCCC3)cc2)s1. The van der Waals surface area contributed by atoms with E-state index in [0.717, 1.165) is 17.8 Å². The van der Waals surface area contributed by atoms with Crippen LogP contribution in [0, 0.1) is 6.92 Å². The second-order valence-electron chi connectivity index (χ2n) is 5.61. The monoisotopic (exact) mass is 330 g/mol. The number of nitrogens with one attached hydrogen (secondary N) is 2. The fourth-order valence-corrected chi connectivity index (χ4v) is 3.20. The number of benzene rings is 1. The second-order valence-corrected chi connectivity index (χ2v) is 6.79. The number of nitrogens with zero attached hydrogens (tertiary/aromatic N) is 2. The molecule has 0 aliphatic heterocycles. The number of anilines is 1. The van der Waals surface area contributed by atoms with E-state index in [4.69, 9.17) is 0 Å². The van der Waals surface area contributed by atoms with Gasteiger partial charge >= 0.3 is 0 Å². The van der Waals surface area contributed by atoms with Gasteiger partial charge in [-0.15, -0.1) is 10.2 Å². The molecular formula is C16H18N4O2S. The molecule has 0 unspecified atom stereocenters. The molecule has 0 atom stereocenters. The lowest BCUT2D eigenvalue weighted by atomic mass is 10.1. The Hall–Kier alpha value is -2.28. The lowest BCUT2D eigenvalue weighted by Crippen LogP contribution is -2.32. The van der Waals surface area contributed by atoms with Crippen LogP contribution >= 0.6 is 11.3 Å². The maximum Gasteiger partial charge on any atom is 0.286 e. The second kappa shape index (κ2) is 6.87. The minimum Gasteiger partial charge on any atom is -0.349 e. The van der Waals surface area contributed by atoms with Gasteiger partial charge in [-0.05, 0) is 44.0 Å². The van der Waals surface area contributed by atoms with Crippen LogP contribution in [0.15, 0.2) is 24.3 Å². The van der Waals surface area contributed by atoms with Crippen molar-refractivity contribution < 1.29 is 9.59 Å². The number of rotatable bonds is 4. The van der Waals surface area contributed by atoms with Crippen molar-refractivity contribution in [3.63, 3.8) is 0 Å². The Balaban J connectivity index is 1.60. The fourth-order valence-electron chi connectivity index (χ4n) is 2.62. The maximum absolute atomic E-state index is 12.1. The van der Waals surface area contributed by atoms with E-state index in [-0.39, 0.29) is 11.8 Å². The zero-order valence-electron chi connectivity index (χ0n) is 12.8. The number of hydrogen-bond acceptors (Lipinski definition) is 5. The lowest BCUT2D eigenvalue weighted by molar-refractivity contribution is 0.0937. The molecule has 1 aromatic carbocycles. The predicted octanol–water partition coefficient (Wildman–Crippen LogP) is 2.77. The molecule has 1 aliphatic carbocycles. The van der Waals surface area contributed by atoms with Gasteiger partial charge in [0.25, 0.3) is 11.8 Å². The van der Waals surface area contributed by atoms with Crippen molar-refractivity contribution in [2.75, 3.05) is 5.32 Å². The summed E-state index contributed by atoms with van der Waals surface area (Å²) in [7, 11) is 0. The predicted molar refractivity (Wildman–Crippen MR) is 88.8 cm³/mol. The Bertz CT molecular complexity index is 705. The highest BCUT2D eigenvalue weighted by Crippen LogP contribution is 2.19. The minimum atomic E-state index is -0.293. The molecular weight excluding hydrogens is 312 g/mol. The molecule has 120 valence electrons. The first-order valence-corrected chi connectivity index (χ1v) is 8.46. The van der Waals surface area contributed by atoms with Crippen LogP contribution < -0.4 is 10.6 Å². The maximum atomic E-state index is 12.1. The highest BCUT2D eigenvalue weighted by atomic mass is 32.1. The van der Waals surface area contributed by atoms with Crippen LogP contribution in [0.5, 0.6) is 0 Å². The van der Waals surface area contributed by atoms with Gasteiger partial charge < -0.3 is 10.6 Å². The third kappa shape index (κ3) is 3.92. The van der Waals surface area contributed by atoms with Gasteiger partial charge in [-0.2, -0.15) is 0 Å². The largest absolute Gasteiger partial charge is 0.349 e. The van der Waals surface area contributed by atoms with Crippen LogP contribution in [0.1, 0.15) is 50.9 Å². The van der Waals surface area contributed by atoms with Crippen molar-refractivity contribution in [3.8, 4) is 0 Å². The summed E-state index contributed by atoms with van der Waals surface area (Å²) in [6.45, 7) is 1.80. The van der Waals surface area contributed by atoms with Crippen molar-refractivity contribution in [2.45, 2.75) is 38.6 Å². The van der Waals surface area contributed by atoms with Gasteiger partial charge in [0.1, 0.15) is 5.01 Å². The van der Waals surface area contributed by atoms with E-state index in [1.807, 2.05) is 0 Å². The molecule has 1 aliphatic rings. The average Bonchev–Trinajstić information content (AvgIpc) is 3.19. The Morgan fingerprint density at radius 1 is 1.09 bits per heavy atom. The van der Waals surface area contributed by atoms with Crippen LogP contribution in [0.2, 0.25) is 0 Å². The molecule has 1 fully saturated rings. The van der Waals surface area contributed by atoms with Crippen LogP contribution in [-0.2, 0) is 0 Å². The van der Waals surface area contributed by atoms with Crippen LogP contribution in [0.3, 0.4) is 0 Å². The zero-order valence-corrected chi connectivity index (χ0v) is 13.7. The number of amides is 2. The summed E-state index contributed by atoms with van der Waals surface area (Å²) in [6.07, 6.45) is 4.48. The summed E-state index contributed by atoms with van der Waals surface area (Å²) >= 11 is 1.24. The Morgan fingerprint density at radius 2 is 1.78 bits per heavy atom. The van der Waals surface area contributed by atoms with Crippen molar-refractivity contribution >= 4 is 28.8 Å². The smallest absolute Gasteiger partial charge is 0.286 e. The summed E-state index contributed by atoms with van der Waals surface area (Å²) in [5, 5.41) is 14.5. The number of aromatic nitrogens is 2. The van der Waals surface area contributed by atoms with E-state index in [2.05, 4.69) is 20.8 Å². The Morgan fingerprint density at radius 3 is 2.39 bits per heavy atom. The van der Waals surface area contributed by atoms with Crippen molar-refractivity contribution in [2.24, 2.45) is 0 Å². The molecule has 0 bridgehead atoms. The number of carbonyl (C=O) groups excluding carboxylic acids is 2. The first-order chi connectivity index (χ1) is 11.1. The zero-order chi connectivity index (χ0) is 16.2. The third-order valence-corrected chi connectivity index (χ3v) is 4.65. The highest BCUT2D eigenvalue weighted by Gasteiger charge is 2.18. The Kier molecular flexibility index (Phi) is 4.66. The third-order valence-electron chi connectivity index (χ3n) is 3.82. The summed E-state index contributed by atoms with van der Waals surface area (Å²) in [5.74, 6) is -0.353. The van der Waals surface area contributed by atoms with E-state index in [9.17, 15) is 9.59 Å². The van der Waals surface area contributed by atoms with Gasteiger partial charge in [0.15, 0.2) is 0 Å². The topological polar surface area (TPSA) is 84.0 Å². The van der Waals surface area contributed by atoms with Gasteiger partial charge in [-0.25, -0.2) is 0 Å². The molecule has 2 amide bonds. The number of hydrogen-bond donors (Lipinski definition) is 2. The molecule has 3 rings (SSSR count). The molecule has 0 spiro atoms. The van der Waals surface area contributed by atoms with Crippen molar-refractivity contribution in [3.05, 3.63) is 39.8 Å². The molecule has 2 aromatic rings.